The van der Waals surface area contributed by atoms with Crippen molar-refractivity contribution in [2.24, 2.45) is 0 Å². The Kier molecular flexibility index (Phi) is 4.85. The highest BCUT2D eigenvalue weighted by Gasteiger charge is 2.15. The van der Waals surface area contributed by atoms with Crippen molar-refractivity contribution in [3.8, 4) is 0 Å². The van der Waals surface area contributed by atoms with Crippen molar-refractivity contribution in [1.29, 1.82) is 0 Å². The molecule has 1 aliphatic carbocycles. The van der Waals surface area contributed by atoms with Gasteiger partial charge in [0, 0.05) is 12.6 Å². The van der Waals surface area contributed by atoms with Gasteiger partial charge in [-0.25, -0.2) is 4.98 Å². The van der Waals surface area contributed by atoms with Crippen LogP contribution in [-0.2, 0) is 6.54 Å². The topological polar surface area (TPSA) is 67.2 Å². The van der Waals surface area contributed by atoms with Gasteiger partial charge in [-0.3, -0.25) is 9.36 Å². The van der Waals surface area contributed by atoms with Crippen LogP contribution >= 0.6 is 0 Å². The Morgan fingerprint density at radius 3 is 2.86 bits per heavy atom. The highest BCUT2D eigenvalue weighted by molar-refractivity contribution is 5.76. The Morgan fingerprint density at radius 1 is 1.27 bits per heavy atom. The minimum atomic E-state index is -0.581. The third-order valence-electron chi connectivity index (χ3n) is 4.39. The van der Waals surface area contributed by atoms with Crippen molar-refractivity contribution < 1.29 is 5.11 Å². The lowest BCUT2D eigenvalue weighted by Crippen LogP contribution is -2.39. The van der Waals surface area contributed by atoms with Crippen molar-refractivity contribution in [2.45, 2.75) is 50.8 Å². The average Bonchev–Trinajstić information content (AvgIpc) is 2.57. The molecule has 118 valence electrons. The maximum absolute atomic E-state index is 12.4. The number of hydrogen-bond donors (Lipinski definition) is 2. The van der Waals surface area contributed by atoms with E-state index in [0.717, 1.165) is 0 Å². The van der Waals surface area contributed by atoms with Crippen molar-refractivity contribution in [1.82, 2.24) is 14.9 Å². The Labute approximate surface area is 130 Å². The smallest absolute Gasteiger partial charge is 0.261 e. The minimum absolute atomic E-state index is 0.0951. The molecule has 0 spiro atoms. The highest BCUT2D eigenvalue weighted by Crippen LogP contribution is 2.17. The summed E-state index contributed by atoms with van der Waals surface area (Å²) in [5.41, 5.74) is 0.598. The lowest BCUT2D eigenvalue weighted by atomic mass is 9.95. The molecule has 0 aliphatic heterocycles. The standard InChI is InChI=1S/C17H23N3O2/c21-14(10-18-13-6-2-1-3-7-13)11-20-12-19-16-9-5-4-8-15(16)17(20)22/h4-5,8-9,12-14,18,21H,1-3,6-7,10-11H2/t14-/m0/s1. The molecule has 3 rings (SSSR count). The monoisotopic (exact) mass is 301 g/mol. The van der Waals surface area contributed by atoms with Crippen LogP contribution in [0.1, 0.15) is 32.1 Å². The molecule has 1 aliphatic rings. The van der Waals surface area contributed by atoms with Crippen LogP contribution in [0.2, 0.25) is 0 Å². The zero-order chi connectivity index (χ0) is 15.4. The summed E-state index contributed by atoms with van der Waals surface area (Å²) < 4.78 is 1.50. The molecule has 1 saturated carbocycles. The number of nitrogens with zero attached hydrogens (tertiary/aromatic N) is 2. The van der Waals surface area contributed by atoms with Crippen LogP contribution in [0.5, 0.6) is 0 Å². The van der Waals surface area contributed by atoms with Gasteiger partial charge in [0.15, 0.2) is 0 Å². The van der Waals surface area contributed by atoms with Crippen LogP contribution in [0.25, 0.3) is 10.9 Å². The summed E-state index contributed by atoms with van der Waals surface area (Å²) in [7, 11) is 0. The van der Waals surface area contributed by atoms with E-state index in [1.807, 2.05) is 18.2 Å². The number of benzene rings is 1. The van der Waals surface area contributed by atoms with Crippen LogP contribution in [0.4, 0.5) is 0 Å². The molecule has 5 heteroatoms. The summed E-state index contributed by atoms with van der Waals surface area (Å²) >= 11 is 0. The lowest BCUT2D eigenvalue weighted by Gasteiger charge is -2.24. The normalized spacial score (nSPS) is 17.7. The number of fused-ring (bicyclic) bond motifs is 1. The predicted molar refractivity (Wildman–Crippen MR) is 86.9 cm³/mol. The third kappa shape index (κ3) is 3.54. The quantitative estimate of drug-likeness (QED) is 0.882. The number of para-hydroxylation sites is 1. The molecule has 0 saturated heterocycles. The molecule has 1 aromatic heterocycles. The van der Waals surface area contributed by atoms with Gasteiger partial charge in [-0.05, 0) is 25.0 Å². The summed E-state index contributed by atoms with van der Waals surface area (Å²) in [6.07, 6.45) is 7.16. The van der Waals surface area contributed by atoms with Gasteiger partial charge in [0.2, 0.25) is 0 Å². The van der Waals surface area contributed by atoms with Gasteiger partial charge < -0.3 is 10.4 Å². The van der Waals surface area contributed by atoms with Gasteiger partial charge in [-0.2, -0.15) is 0 Å². The van der Waals surface area contributed by atoms with Gasteiger partial charge in [-0.15, -0.1) is 0 Å². The number of aromatic nitrogens is 2. The zero-order valence-corrected chi connectivity index (χ0v) is 12.7. The Hall–Kier alpha value is -1.72. The minimum Gasteiger partial charge on any atom is -0.390 e. The first-order valence-electron chi connectivity index (χ1n) is 8.09. The Morgan fingerprint density at radius 2 is 2.05 bits per heavy atom. The maximum atomic E-state index is 12.4. The molecule has 5 nitrogen and oxygen atoms in total. The first kappa shape index (κ1) is 15.2. The average molecular weight is 301 g/mol. The fourth-order valence-corrected chi connectivity index (χ4v) is 3.14. The van der Waals surface area contributed by atoms with Gasteiger partial charge >= 0.3 is 0 Å². The molecule has 1 heterocycles. The van der Waals surface area contributed by atoms with Crippen LogP contribution < -0.4 is 10.9 Å². The molecule has 1 aromatic carbocycles. The van der Waals surface area contributed by atoms with Crippen LogP contribution in [0.15, 0.2) is 35.4 Å². The second-order valence-electron chi connectivity index (χ2n) is 6.12. The zero-order valence-electron chi connectivity index (χ0n) is 12.7. The number of aliphatic hydroxyl groups is 1. The first-order valence-corrected chi connectivity index (χ1v) is 8.09. The third-order valence-corrected chi connectivity index (χ3v) is 4.39. The molecular weight excluding hydrogens is 278 g/mol. The van der Waals surface area contributed by atoms with Crippen LogP contribution in [0, 0.1) is 0 Å². The summed E-state index contributed by atoms with van der Waals surface area (Å²) in [5.74, 6) is 0. The van der Waals surface area contributed by atoms with E-state index in [2.05, 4.69) is 10.3 Å². The van der Waals surface area contributed by atoms with Crippen molar-refractivity contribution >= 4 is 10.9 Å². The Balaban J connectivity index is 1.62. The molecular formula is C17H23N3O2. The van der Waals surface area contributed by atoms with E-state index in [-0.39, 0.29) is 12.1 Å². The van der Waals surface area contributed by atoms with E-state index in [9.17, 15) is 9.90 Å². The molecule has 22 heavy (non-hydrogen) atoms. The summed E-state index contributed by atoms with van der Waals surface area (Å²) in [5, 5.41) is 14.2. The molecule has 0 radical (unpaired) electrons. The van der Waals surface area contributed by atoms with Crippen molar-refractivity contribution in [3.63, 3.8) is 0 Å². The van der Waals surface area contributed by atoms with E-state index in [1.165, 1.54) is 43.0 Å². The molecule has 0 bridgehead atoms. The number of hydrogen-bond acceptors (Lipinski definition) is 4. The second kappa shape index (κ2) is 7.03. The van der Waals surface area contributed by atoms with Crippen LogP contribution in [-0.4, -0.2) is 33.3 Å². The van der Waals surface area contributed by atoms with Gasteiger partial charge in [0.25, 0.3) is 5.56 Å². The number of aliphatic hydroxyl groups excluding tert-OH is 1. The van der Waals surface area contributed by atoms with Gasteiger partial charge in [-0.1, -0.05) is 31.4 Å². The summed E-state index contributed by atoms with van der Waals surface area (Å²) in [6.45, 7) is 0.792. The highest BCUT2D eigenvalue weighted by atomic mass is 16.3. The van der Waals surface area contributed by atoms with Gasteiger partial charge in [0.05, 0.1) is 29.9 Å². The molecule has 2 N–H and O–H groups in total. The molecule has 1 atom stereocenters. The lowest BCUT2D eigenvalue weighted by molar-refractivity contribution is 0.142. The largest absolute Gasteiger partial charge is 0.390 e. The molecule has 0 unspecified atom stereocenters. The van der Waals surface area contributed by atoms with E-state index in [0.29, 0.717) is 23.5 Å². The van der Waals surface area contributed by atoms with Crippen molar-refractivity contribution in [2.75, 3.05) is 6.54 Å². The predicted octanol–water partition coefficient (Wildman–Crippen LogP) is 1.68. The van der Waals surface area contributed by atoms with E-state index < -0.39 is 6.10 Å². The maximum Gasteiger partial charge on any atom is 0.261 e. The number of rotatable bonds is 5. The van der Waals surface area contributed by atoms with Crippen molar-refractivity contribution in [3.05, 3.63) is 40.9 Å². The first-order chi connectivity index (χ1) is 10.7. The second-order valence-corrected chi connectivity index (χ2v) is 6.12. The molecule has 2 aromatic rings. The fraction of sp³-hybridized carbons (Fsp3) is 0.529. The SMILES string of the molecule is O=c1c2ccccc2ncn1C[C@@H](O)CNC1CCCCC1. The number of nitrogens with one attached hydrogen (secondary N) is 1. The van der Waals surface area contributed by atoms with E-state index >= 15 is 0 Å². The Bertz CT molecular complexity index is 677. The van der Waals surface area contributed by atoms with E-state index in [1.54, 1.807) is 6.07 Å². The van der Waals surface area contributed by atoms with Gasteiger partial charge in [0.1, 0.15) is 0 Å². The van der Waals surface area contributed by atoms with E-state index in [4.69, 9.17) is 0 Å². The van der Waals surface area contributed by atoms with Crippen LogP contribution in [0.3, 0.4) is 0 Å². The summed E-state index contributed by atoms with van der Waals surface area (Å²) in [4.78, 5) is 16.6. The molecule has 1 fully saturated rings. The fourth-order valence-electron chi connectivity index (χ4n) is 3.14. The molecule has 0 amide bonds. The summed E-state index contributed by atoms with van der Waals surface area (Å²) in [6, 6.07) is 7.80.